The minimum atomic E-state index is -0.170. The second-order valence-corrected chi connectivity index (χ2v) is 9.53. The lowest BCUT2D eigenvalue weighted by Gasteiger charge is -2.33. The number of aryl methyl sites for hydroxylation is 2. The average Bonchev–Trinajstić information content (AvgIpc) is 3.19. The van der Waals surface area contributed by atoms with Crippen molar-refractivity contribution in [1.82, 2.24) is 20.0 Å². The molecule has 2 aromatic heterocycles. The first-order chi connectivity index (χ1) is 14.7. The van der Waals surface area contributed by atoms with E-state index in [0.717, 1.165) is 53.3 Å². The molecule has 1 aliphatic rings. The van der Waals surface area contributed by atoms with Gasteiger partial charge in [0, 0.05) is 42.2 Å². The van der Waals surface area contributed by atoms with Crippen molar-refractivity contribution < 1.29 is 9.32 Å². The van der Waals surface area contributed by atoms with Crippen LogP contribution in [0.15, 0.2) is 41.1 Å². The van der Waals surface area contributed by atoms with Crippen LogP contribution in [0.3, 0.4) is 0 Å². The highest BCUT2D eigenvalue weighted by Gasteiger charge is 2.30. The Kier molecular flexibility index (Phi) is 5.65. The number of aromatic nitrogens is 3. The van der Waals surface area contributed by atoms with Crippen LogP contribution in [0.5, 0.6) is 0 Å². The summed E-state index contributed by atoms with van der Waals surface area (Å²) in [4.78, 5) is 24.7. The predicted octanol–water partition coefficient (Wildman–Crippen LogP) is 5.07. The standard InChI is InChI=1S/C25H30N4O2/c1-16-8-10-18(11-9-16)23(30)29-12-6-7-19(15-29)22-20(21-13-17(2)28-31-21)14-26-24(27-22)25(3,4)5/h8-11,13-14,19H,6-7,12,15H2,1-5H3. The molecule has 4 rings (SSSR count). The zero-order chi connectivity index (χ0) is 22.2. The fourth-order valence-corrected chi connectivity index (χ4v) is 4.01. The van der Waals surface area contributed by atoms with Gasteiger partial charge in [-0.1, -0.05) is 43.6 Å². The highest BCUT2D eigenvalue weighted by atomic mass is 16.5. The predicted molar refractivity (Wildman–Crippen MR) is 120 cm³/mol. The van der Waals surface area contributed by atoms with Crippen LogP contribution in [0.25, 0.3) is 11.3 Å². The van der Waals surface area contributed by atoms with Crippen molar-refractivity contribution in [3.63, 3.8) is 0 Å². The summed E-state index contributed by atoms with van der Waals surface area (Å²) in [6, 6.07) is 9.70. The molecule has 0 spiro atoms. The molecule has 0 bridgehead atoms. The summed E-state index contributed by atoms with van der Waals surface area (Å²) in [6.07, 6.45) is 3.76. The Morgan fingerprint density at radius 1 is 1.16 bits per heavy atom. The molecule has 6 heteroatoms. The normalized spacial score (nSPS) is 17.1. The minimum Gasteiger partial charge on any atom is -0.356 e. The highest BCUT2D eigenvalue weighted by Crippen LogP contribution is 2.35. The van der Waals surface area contributed by atoms with E-state index in [1.165, 1.54) is 0 Å². The Morgan fingerprint density at radius 3 is 2.55 bits per heavy atom. The van der Waals surface area contributed by atoms with Gasteiger partial charge in [0.1, 0.15) is 5.82 Å². The van der Waals surface area contributed by atoms with E-state index < -0.39 is 0 Å². The number of carbonyl (C=O) groups is 1. The van der Waals surface area contributed by atoms with Gasteiger partial charge in [-0.05, 0) is 38.8 Å². The topological polar surface area (TPSA) is 72.1 Å². The second kappa shape index (κ2) is 8.25. The number of hydrogen-bond donors (Lipinski definition) is 0. The number of amides is 1. The molecule has 0 saturated carbocycles. The summed E-state index contributed by atoms with van der Waals surface area (Å²) in [5.74, 6) is 1.67. The van der Waals surface area contributed by atoms with Gasteiger partial charge < -0.3 is 9.42 Å². The third-order valence-corrected chi connectivity index (χ3v) is 5.78. The van der Waals surface area contributed by atoms with E-state index >= 15 is 0 Å². The molecule has 3 aromatic rings. The summed E-state index contributed by atoms with van der Waals surface area (Å²) in [6.45, 7) is 11.7. The van der Waals surface area contributed by atoms with Crippen LogP contribution in [0.4, 0.5) is 0 Å². The summed E-state index contributed by atoms with van der Waals surface area (Å²) >= 11 is 0. The van der Waals surface area contributed by atoms with E-state index in [-0.39, 0.29) is 17.2 Å². The van der Waals surface area contributed by atoms with E-state index in [9.17, 15) is 4.79 Å². The summed E-state index contributed by atoms with van der Waals surface area (Å²) in [5.41, 5.74) is 4.34. The Hall–Kier alpha value is -3.02. The third-order valence-electron chi connectivity index (χ3n) is 5.78. The molecule has 0 radical (unpaired) electrons. The molecule has 1 saturated heterocycles. The molecule has 3 heterocycles. The lowest BCUT2D eigenvalue weighted by atomic mass is 9.89. The van der Waals surface area contributed by atoms with Gasteiger partial charge in [0.05, 0.1) is 17.0 Å². The molecule has 0 aliphatic carbocycles. The first-order valence-corrected chi connectivity index (χ1v) is 10.9. The molecule has 31 heavy (non-hydrogen) atoms. The smallest absolute Gasteiger partial charge is 0.253 e. The average molecular weight is 419 g/mol. The Balaban J connectivity index is 1.68. The molecule has 1 amide bonds. The summed E-state index contributed by atoms with van der Waals surface area (Å²) < 4.78 is 5.55. The number of benzene rings is 1. The van der Waals surface area contributed by atoms with Crippen molar-refractivity contribution in [2.24, 2.45) is 0 Å². The molecule has 162 valence electrons. The third kappa shape index (κ3) is 4.53. The summed E-state index contributed by atoms with van der Waals surface area (Å²) in [5, 5.41) is 4.05. The van der Waals surface area contributed by atoms with Crippen LogP contribution in [0.2, 0.25) is 0 Å². The molecule has 1 aliphatic heterocycles. The van der Waals surface area contributed by atoms with Crippen molar-refractivity contribution in [1.29, 1.82) is 0 Å². The number of nitrogens with zero attached hydrogens (tertiary/aromatic N) is 4. The Labute approximate surface area is 183 Å². The maximum atomic E-state index is 13.1. The lowest BCUT2D eigenvalue weighted by molar-refractivity contribution is 0.0706. The van der Waals surface area contributed by atoms with E-state index in [1.807, 2.05) is 55.3 Å². The zero-order valence-corrected chi connectivity index (χ0v) is 19.0. The van der Waals surface area contributed by atoms with E-state index in [4.69, 9.17) is 9.51 Å². The highest BCUT2D eigenvalue weighted by molar-refractivity contribution is 5.94. The molecule has 1 unspecified atom stereocenters. The van der Waals surface area contributed by atoms with Crippen LogP contribution < -0.4 is 0 Å². The molecule has 1 fully saturated rings. The van der Waals surface area contributed by atoms with Crippen molar-refractivity contribution in [3.05, 3.63) is 64.9 Å². The molecule has 0 N–H and O–H groups in total. The van der Waals surface area contributed by atoms with Crippen LogP contribution in [-0.2, 0) is 5.41 Å². The van der Waals surface area contributed by atoms with E-state index in [2.05, 4.69) is 30.9 Å². The van der Waals surface area contributed by atoms with Gasteiger partial charge in [-0.2, -0.15) is 0 Å². The number of piperidine rings is 1. The maximum absolute atomic E-state index is 13.1. The monoisotopic (exact) mass is 418 g/mol. The minimum absolute atomic E-state index is 0.0758. The van der Waals surface area contributed by atoms with Gasteiger partial charge in [-0.25, -0.2) is 9.97 Å². The van der Waals surface area contributed by atoms with E-state index in [1.54, 1.807) is 0 Å². The van der Waals surface area contributed by atoms with E-state index in [0.29, 0.717) is 12.3 Å². The van der Waals surface area contributed by atoms with Gasteiger partial charge in [-0.15, -0.1) is 0 Å². The Morgan fingerprint density at radius 2 is 1.90 bits per heavy atom. The van der Waals surface area contributed by atoms with Crippen molar-refractivity contribution in [2.45, 2.75) is 58.8 Å². The molecule has 6 nitrogen and oxygen atoms in total. The van der Waals surface area contributed by atoms with Gasteiger partial charge in [0.25, 0.3) is 5.91 Å². The number of hydrogen-bond acceptors (Lipinski definition) is 5. The first kappa shape index (κ1) is 21.2. The van der Waals surface area contributed by atoms with Crippen LogP contribution >= 0.6 is 0 Å². The zero-order valence-electron chi connectivity index (χ0n) is 19.0. The maximum Gasteiger partial charge on any atom is 0.253 e. The quantitative estimate of drug-likeness (QED) is 0.594. The largest absolute Gasteiger partial charge is 0.356 e. The molecular formula is C25H30N4O2. The van der Waals surface area contributed by atoms with Crippen LogP contribution in [-0.4, -0.2) is 39.0 Å². The van der Waals surface area contributed by atoms with Gasteiger partial charge in [0.2, 0.25) is 0 Å². The van der Waals surface area contributed by atoms with Gasteiger partial charge in [0.15, 0.2) is 5.76 Å². The van der Waals surface area contributed by atoms with Crippen LogP contribution in [0, 0.1) is 13.8 Å². The van der Waals surface area contributed by atoms with Crippen molar-refractivity contribution in [3.8, 4) is 11.3 Å². The lowest BCUT2D eigenvalue weighted by Crippen LogP contribution is -2.39. The van der Waals surface area contributed by atoms with Crippen molar-refractivity contribution >= 4 is 5.91 Å². The van der Waals surface area contributed by atoms with Crippen molar-refractivity contribution in [2.75, 3.05) is 13.1 Å². The second-order valence-electron chi connectivity index (χ2n) is 9.53. The SMILES string of the molecule is Cc1ccc(C(=O)N2CCCC(c3nc(C(C)(C)C)ncc3-c3cc(C)no3)C2)cc1. The fraction of sp³-hybridized carbons (Fsp3) is 0.440. The van der Waals surface area contributed by atoms with Gasteiger partial charge >= 0.3 is 0 Å². The summed E-state index contributed by atoms with van der Waals surface area (Å²) in [7, 11) is 0. The first-order valence-electron chi connectivity index (χ1n) is 10.9. The molecular weight excluding hydrogens is 388 g/mol. The molecule has 1 aromatic carbocycles. The van der Waals surface area contributed by atoms with Crippen LogP contribution in [0.1, 0.15) is 72.7 Å². The van der Waals surface area contributed by atoms with Gasteiger partial charge in [-0.3, -0.25) is 4.79 Å². The molecule has 1 atom stereocenters. The fourth-order valence-electron chi connectivity index (χ4n) is 4.01. The number of rotatable bonds is 3. The number of carbonyl (C=O) groups excluding carboxylic acids is 1. The number of likely N-dealkylation sites (tertiary alicyclic amines) is 1. The Bertz CT molecular complexity index is 1080.